The molecule has 13 heavy (non-hydrogen) atoms. The molecule has 3 rings (SSSR count). The minimum absolute atomic E-state index is 0.333. The van der Waals surface area contributed by atoms with Crippen LogP contribution in [0.1, 0.15) is 44.9 Å². The molecule has 0 aromatic heterocycles. The number of ketones is 1. The van der Waals surface area contributed by atoms with Gasteiger partial charge in [-0.05, 0) is 38.5 Å². The van der Waals surface area contributed by atoms with Crippen molar-refractivity contribution in [2.45, 2.75) is 63.1 Å². The van der Waals surface area contributed by atoms with E-state index < -0.39 is 0 Å². The average Bonchev–Trinajstić information content (AvgIpc) is 2.78. The minimum atomic E-state index is 0.333. The normalized spacial score (nSPS) is 44.9. The molecule has 2 heteroatoms. The molecule has 2 nitrogen and oxygen atoms in total. The molecule has 0 N–H and O–H groups in total. The van der Waals surface area contributed by atoms with Crippen LogP contribution in [0.15, 0.2) is 0 Å². The number of rotatable bonds is 1. The molecule has 0 spiro atoms. The highest BCUT2D eigenvalue weighted by molar-refractivity contribution is 5.86. The van der Waals surface area contributed by atoms with Gasteiger partial charge in [0.2, 0.25) is 0 Å². The smallest absolute Gasteiger partial charge is 0.149 e. The predicted molar refractivity (Wildman–Crippen MR) is 50.5 cm³/mol. The largest absolute Gasteiger partial charge is 0.298 e. The summed E-state index contributed by atoms with van der Waals surface area (Å²) in [6.45, 7) is 0. The molecule has 3 fully saturated rings. The van der Waals surface area contributed by atoms with E-state index in [2.05, 4.69) is 4.90 Å². The summed E-state index contributed by atoms with van der Waals surface area (Å²) in [5.41, 5.74) is 0. The number of carbonyl (C=O) groups excluding carboxylic acids is 1. The van der Waals surface area contributed by atoms with Gasteiger partial charge < -0.3 is 0 Å². The summed E-state index contributed by atoms with van der Waals surface area (Å²) in [4.78, 5) is 14.2. The fraction of sp³-hybridized carbons (Fsp3) is 0.909. The molecule has 1 atom stereocenters. The molecule has 2 saturated heterocycles. The highest BCUT2D eigenvalue weighted by Crippen LogP contribution is 2.41. The monoisotopic (exact) mass is 179 g/mol. The predicted octanol–water partition coefficient (Wildman–Crippen LogP) is 1.73. The van der Waals surface area contributed by atoms with E-state index in [1.807, 2.05) is 0 Å². The molecule has 2 aliphatic heterocycles. The van der Waals surface area contributed by atoms with Crippen LogP contribution in [0.4, 0.5) is 0 Å². The minimum Gasteiger partial charge on any atom is -0.298 e. The number of nitrogens with zero attached hydrogens (tertiary/aromatic N) is 1. The number of Topliss-reactive ketones (excluding diaryl/α,β-unsaturated/α-hetero) is 1. The molecule has 3 aliphatic rings. The molecule has 1 unspecified atom stereocenters. The van der Waals surface area contributed by atoms with Crippen molar-refractivity contribution in [2.24, 2.45) is 0 Å². The van der Waals surface area contributed by atoms with E-state index in [0.717, 1.165) is 31.3 Å². The zero-order valence-corrected chi connectivity index (χ0v) is 8.04. The van der Waals surface area contributed by atoms with Crippen LogP contribution < -0.4 is 0 Å². The lowest BCUT2D eigenvalue weighted by Crippen LogP contribution is -2.41. The quantitative estimate of drug-likeness (QED) is 0.611. The summed E-state index contributed by atoms with van der Waals surface area (Å²) >= 11 is 0. The third-order valence-corrected chi connectivity index (χ3v) is 4.14. The Morgan fingerprint density at radius 2 is 1.62 bits per heavy atom. The summed E-state index contributed by atoms with van der Waals surface area (Å²) in [5, 5.41) is 0. The molecule has 72 valence electrons. The number of fused-ring (bicyclic) bond motifs is 2. The van der Waals surface area contributed by atoms with Crippen LogP contribution >= 0.6 is 0 Å². The Kier molecular flexibility index (Phi) is 1.72. The van der Waals surface area contributed by atoms with Gasteiger partial charge in [-0.2, -0.15) is 0 Å². The first-order chi connectivity index (χ1) is 6.36. The van der Waals surface area contributed by atoms with Crippen LogP contribution in [-0.2, 0) is 4.79 Å². The molecular weight excluding hydrogens is 162 g/mol. The van der Waals surface area contributed by atoms with Crippen molar-refractivity contribution in [2.75, 3.05) is 0 Å². The van der Waals surface area contributed by atoms with Gasteiger partial charge in [-0.15, -0.1) is 0 Å². The van der Waals surface area contributed by atoms with Crippen molar-refractivity contribution in [1.82, 2.24) is 4.90 Å². The van der Waals surface area contributed by atoms with Crippen molar-refractivity contribution >= 4 is 5.78 Å². The fourth-order valence-electron chi connectivity index (χ4n) is 3.57. The van der Waals surface area contributed by atoms with Gasteiger partial charge >= 0.3 is 0 Å². The molecular formula is C11H17NO. The van der Waals surface area contributed by atoms with E-state index in [-0.39, 0.29) is 0 Å². The van der Waals surface area contributed by atoms with E-state index in [1.54, 1.807) is 0 Å². The number of hydrogen-bond acceptors (Lipinski definition) is 2. The summed E-state index contributed by atoms with van der Waals surface area (Å²) in [6, 6.07) is 1.88. The lowest BCUT2D eigenvalue weighted by atomic mass is 10.0. The Balaban J connectivity index is 1.81. The third-order valence-electron chi connectivity index (χ3n) is 4.14. The molecule has 1 aliphatic carbocycles. The first-order valence-electron chi connectivity index (χ1n) is 5.66. The van der Waals surface area contributed by atoms with E-state index in [1.165, 1.54) is 25.7 Å². The maximum absolute atomic E-state index is 11.6. The molecule has 2 bridgehead atoms. The van der Waals surface area contributed by atoms with Crippen LogP contribution in [0.25, 0.3) is 0 Å². The molecule has 0 aromatic carbocycles. The highest BCUT2D eigenvalue weighted by Gasteiger charge is 2.45. The topological polar surface area (TPSA) is 20.3 Å². The van der Waals surface area contributed by atoms with Crippen LogP contribution in [0.3, 0.4) is 0 Å². The van der Waals surface area contributed by atoms with Crippen LogP contribution in [0.2, 0.25) is 0 Å². The van der Waals surface area contributed by atoms with Crippen molar-refractivity contribution in [1.29, 1.82) is 0 Å². The highest BCUT2D eigenvalue weighted by atomic mass is 16.1. The number of carbonyl (C=O) groups is 1. The first kappa shape index (κ1) is 7.98. The third kappa shape index (κ3) is 1.08. The molecule has 0 aromatic rings. The standard InChI is InChI=1S/C11H17NO/c13-11-3-1-2-10(11)12-8-4-5-9(12)7-6-8/h8-10H,1-7H2. The first-order valence-corrected chi connectivity index (χ1v) is 5.66. The zero-order chi connectivity index (χ0) is 8.84. The molecule has 0 amide bonds. The lowest BCUT2D eigenvalue weighted by molar-refractivity contribution is -0.122. The van der Waals surface area contributed by atoms with E-state index in [4.69, 9.17) is 0 Å². The van der Waals surface area contributed by atoms with Crippen molar-refractivity contribution in [3.8, 4) is 0 Å². The fourth-order valence-corrected chi connectivity index (χ4v) is 3.57. The van der Waals surface area contributed by atoms with Crippen LogP contribution in [-0.4, -0.2) is 28.8 Å². The maximum Gasteiger partial charge on any atom is 0.149 e. The van der Waals surface area contributed by atoms with Crippen LogP contribution in [0, 0.1) is 0 Å². The summed E-state index contributed by atoms with van der Waals surface area (Å²) in [6.07, 6.45) is 8.55. The van der Waals surface area contributed by atoms with Gasteiger partial charge in [-0.1, -0.05) is 0 Å². The van der Waals surface area contributed by atoms with Gasteiger partial charge in [0, 0.05) is 18.5 Å². The Morgan fingerprint density at radius 3 is 2.08 bits per heavy atom. The second kappa shape index (κ2) is 2.81. The van der Waals surface area contributed by atoms with Crippen molar-refractivity contribution in [3.63, 3.8) is 0 Å². The number of hydrogen-bond donors (Lipinski definition) is 0. The Hall–Kier alpha value is -0.370. The lowest BCUT2D eigenvalue weighted by Gasteiger charge is -2.27. The van der Waals surface area contributed by atoms with E-state index >= 15 is 0 Å². The van der Waals surface area contributed by atoms with Crippen LogP contribution in [0.5, 0.6) is 0 Å². The molecule has 2 heterocycles. The summed E-state index contributed by atoms with van der Waals surface area (Å²) in [7, 11) is 0. The SMILES string of the molecule is O=C1CCCC1N1C2CCC1CC2. The van der Waals surface area contributed by atoms with Gasteiger partial charge in [-0.3, -0.25) is 9.69 Å². The van der Waals surface area contributed by atoms with Gasteiger partial charge in [0.15, 0.2) is 0 Å². The second-order valence-electron chi connectivity index (χ2n) is 4.78. The van der Waals surface area contributed by atoms with Crippen molar-refractivity contribution < 1.29 is 4.79 Å². The maximum atomic E-state index is 11.6. The summed E-state index contributed by atoms with van der Waals surface area (Å²) < 4.78 is 0. The van der Waals surface area contributed by atoms with Gasteiger partial charge in [0.25, 0.3) is 0 Å². The van der Waals surface area contributed by atoms with Crippen molar-refractivity contribution in [3.05, 3.63) is 0 Å². The summed E-state index contributed by atoms with van der Waals surface area (Å²) in [5.74, 6) is 0.527. The van der Waals surface area contributed by atoms with E-state index in [9.17, 15) is 4.79 Å². The Bertz CT molecular complexity index is 218. The van der Waals surface area contributed by atoms with Gasteiger partial charge in [-0.25, -0.2) is 0 Å². The molecule has 1 saturated carbocycles. The van der Waals surface area contributed by atoms with Gasteiger partial charge in [0.1, 0.15) is 5.78 Å². The second-order valence-corrected chi connectivity index (χ2v) is 4.78. The molecule has 0 radical (unpaired) electrons. The Morgan fingerprint density at radius 1 is 1.00 bits per heavy atom. The average molecular weight is 179 g/mol. The zero-order valence-electron chi connectivity index (χ0n) is 8.04. The Labute approximate surface area is 79.3 Å². The van der Waals surface area contributed by atoms with Gasteiger partial charge in [0.05, 0.1) is 6.04 Å². The van der Waals surface area contributed by atoms with E-state index in [0.29, 0.717) is 11.8 Å².